The van der Waals surface area contributed by atoms with Crippen LogP contribution in [0.4, 0.5) is 0 Å². The number of ketones is 1. The second kappa shape index (κ2) is 6.27. The first-order chi connectivity index (χ1) is 12.2. The van der Waals surface area contributed by atoms with Crippen LogP contribution in [0.25, 0.3) is 5.78 Å². The highest BCUT2D eigenvalue weighted by Crippen LogP contribution is 2.33. The maximum Gasteiger partial charge on any atom is 0.252 e. The molecule has 0 saturated carbocycles. The minimum atomic E-state index is 0.115. The number of hydrogen-bond donors (Lipinski definition) is 0. The third-order valence-electron chi connectivity index (χ3n) is 4.74. The van der Waals surface area contributed by atoms with Crippen molar-refractivity contribution in [3.63, 3.8) is 0 Å². The Bertz CT molecular complexity index is 930. The van der Waals surface area contributed by atoms with Crippen molar-refractivity contribution in [2.24, 2.45) is 0 Å². The Balaban J connectivity index is 1.74. The number of methoxy groups -OCH3 is 1. The number of nitrogens with zero attached hydrogens (tertiary/aromatic N) is 4. The molecule has 1 unspecified atom stereocenters. The van der Waals surface area contributed by atoms with Crippen LogP contribution in [0.5, 0.6) is 5.75 Å². The largest absolute Gasteiger partial charge is 0.497 e. The number of aromatic nitrogens is 4. The van der Waals surface area contributed by atoms with Crippen molar-refractivity contribution < 1.29 is 9.53 Å². The van der Waals surface area contributed by atoms with Crippen molar-refractivity contribution in [2.45, 2.75) is 38.5 Å². The highest BCUT2D eigenvalue weighted by atomic mass is 16.5. The van der Waals surface area contributed by atoms with Gasteiger partial charge in [-0.3, -0.25) is 4.79 Å². The summed E-state index contributed by atoms with van der Waals surface area (Å²) in [5, 5.41) is 4.58. The van der Waals surface area contributed by atoms with E-state index in [1.54, 1.807) is 17.8 Å². The zero-order valence-corrected chi connectivity index (χ0v) is 14.4. The Labute approximate surface area is 145 Å². The molecule has 3 aromatic rings. The summed E-state index contributed by atoms with van der Waals surface area (Å²) in [6.45, 7) is 2.10. The van der Waals surface area contributed by atoms with E-state index in [4.69, 9.17) is 4.74 Å². The van der Waals surface area contributed by atoms with Gasteiger partial charge in [0.15, 0.2) is 11.6 Å². The SMILES string of the molecule is CCCc1nc2ncc3c(n2n1)CC(c1ccc(OC)cc1)CC3=O. The van der Waals surface area contributed by atoms with Crippen LogP contribution in [-0.4, -0.2) is 32.5 Å². The smallest absolute Gasteiger partial charge is 0.252 e. The van der Waals surface area contributed by atoms with Gasteiger partial charge in [0.05, 0.1) is 18.4 Å². The Morgan fingerprint density at radius 3 is 2.76 bits per heavy atom. The van der Waals surface area contributed by atoms with Crippen LogP contribution in [0.3, 0.4) is 0 Å². The van der Waals surface area contributed by atoms with Crippen molar-refractivity contribution >= 4 is 11.6 Å². The molecule has 0 spiro atoms. The van der Waals surface area contributed by atoms with Gasteiger partial charge in [-0.2, -0.15) is 4.98 Å². The summed E-state index contributed by atoms with van der Waals surface area (Å²) in [6.07, 6.45) is 4.69. The number of fused-ring (bicyclic) bond motifs is 3. The first kappa shape index (κ1) is 15.7. The third kappa shape index (κ3) is 2.77. The van der Waals surface area contributed by atoms with Gasteiger partial charge in [0.25, 0.3) is 5.78 Å². The molecule has 0 radical (unpaired) electrons. The van der Waals surface area contributed by atoms with E-state index in [-0.39, 0.29) is 11.7 Å². The van der Waals surface area contributed by atoms with E-state index in [0.717, 1.165) is 42.1 Å². The van der Waals surface area contributed by atoms with E-state index < -0.39 is 0 Å². The molecule has 0 bridgehead atoms. The molecule has 2 heterocycles. The van der Waals surface area contributed by atoms with Gasteiger partial charge < -0.3 is 4.74 Å². The average Bonchev–Trinajstić information content (AvgIpc) is 3.05. The minimum Gasteiger partial charge on any atom is -0.497 e. The van der Waals surface area contributed by atoms with Crippen LogP contribution in [0.2, 0.25) is 0 Å². The average molecular weight is 336 g/mol. The summed E-state index contributed by atoms with van der Waals surface area (Å²) >= 11 is 0. The minimum absolute atomic E-state index is 0.115. The Morgan fingerprint density at radius 1 is 1.24 bits per heavy atom. The molecule has 0 aliphatic heterocycles. The summed E-state index contributed by atoms with van der Waals surface area (Å²) in [6, 6.07) is 7.94. The topological polar surface area (TPSA) is 69.4 Å². The lowest BCUT2D eigenvalue weighted by Crippen LogP contribution is -2.22. The predicted octanol–water partition coefficient (Wildman–Crippen LogP) is 3.00. The molecule has 1 aliphatic carbocycles. The first-order valence-electron chi connectivity index (χ1n) is 8.60. The van der Waals surface area contributed by atoms with Gasteiger partial charge in [-0.25, -0.2) is 9.50 Å². The number of aryl methyl sites for hydroxylation is 1. The molecular weight excluding hydrogens is 316 g/mol. The third-order valence-corrected chi connectivity index (χ3v) is 4.74. The molecule has 128 valence electrons. The summed E-state index contributed by atoms with van der Waals surface area (Å²) in [4.78, 5) is 21.4. The van der Waals surface area contributed by atoms with Crippen LogP contribution in [-0.2, 0) is 12.8 Å². The molecule has 1 aliphatic rings. The fraction of sp³-hybridized carbons (Fsp3) is 0.368. The summed E-state index contributed by atoms with van der Waals surface area (Å²) in [7, 11) is 1.65. The van der Waals surface area contributed by atoms with E-state index in [1.807, 2.05) is 24.3 Å². The molecule has 4 rings (SSSR count). The fourth-order valence-electron chi connectivity index (χ4n) is 3.43. The van der Waals surface area contributed by atoms with E-state index in [1.165, 1.54) is 0 Å². The number of hydrogen-bond acceptors (Lipinski definition) is 5. The molecule has 0 amide bonds. The molecule has 1 aromatic carbocycles. The quantitative estimate of drug-likeness (QED) is 0.732. The Hall–Kier alpha value is -2.76. The van der Waals surface area contributed by atoms with Crippen LogP contribution in [0.15, 0.2) is 30.5 Å². The summed E-state index contributed by atoms with van der Waals surface area (Å²) < 4.78 is 6.98. The summed E-state index contributed by atoms with van der Waals surface area (Å²) in [5.74, 6) is 2.42. The molecule has 2 aromatic heterocycles. The number of benzene rings is 1. The van der Waals surface area contributed by atoms with Gasteiger partial charge in [0, 0.05) is 19.0 Å². The molecule has 1 atom stereocenters. The molecule has 25 heavy (non-hydrogen) atoms. The van der Waals surface area contributed by atoms with Crippen LogP contribution in [0.1, 0.15) is 53.1 Å². The maximum absolute atomic E-state index is 12.6. The monoisotopic (exact) mass is 336 g/mol. The van der Waals surface area contributed by atoms with Gasteiger partial charge in [0.2, 0.25) is 0 Å². The summed E-state index contributed by atoms with van der Waals surface area (Å²) in [5.41, 5.74) is 2.72. The Kier molecular flexibility index (Phi) is 3.95. The van der Waals surface area contributed by atoms with Gasteiger partial charge in [-0.05, 0) is 36.5 Å². The van der Waals surface area contributed by atoms with E-state index in [0.29, 0.717) is 17.8 Å². The zero-order chi connectivity index (χ0) is 17.4. The van der Waals surface area contributed by atoms with Crippen LogP contribution in [0, 0.1) is 0 Å². The standard InChI is InChI=1S/C19H20N4O2/c1-3-4-18-21-19-20-11-15-16(23(19)22-18)9-13(10-17(15)24)12-5-7-14(25-2)8-6-12/h5-8,11,13H,3-4,9-10H2,1-2H3. The lowest BCUT2D eigenvalue weighted by atomic mass is 9.82. The van der Waals surface area contributed by atoms with Crippen molar-refractivity contribution in [2.75, 3.05) is 7.11 Å². The van der Waals surface area contributed by atoms with Crippen molar-refractivity contribution in [3.05, 3.63) is 53.1 Å². The maximum atomic E-state index is 12.6. The predicted molar refractivity (Wildman–Crippen MR) is 93.2 cm³/mol. The first-order valence-corrected chi connectivity index (χ1v) is 8.60. The number of ether oxygens (including phenoxy) is 1. The molecule has 0 N–H and O–H groups in total. The molecule has 0 saturated heterocycles. The van der Waals surface area contributed by atoms with Gasteiger partial charge >= 0.3 is 0 Å². The van der Waals surface area contributed by atoms with Gasteiger partial charge in [-0.15, -0.1) is 5.10 Å². The second-order valence-electron chi connectivity index (χ2n) is 6.41. The number of carbonyl (C=O) groups excluding carboxylic acids is 1. The fourth-order valence-corrected chi connectivity index (χ4v) is 3.43. The molecule has 6 heteroatoms. The van der Waals surface area contributed by atoms with Crippen molar-refractivity contribution in [1.82, 2.24) is 19.6 Å². The van der Waals surface area contributed by atoms with Crippen molar-refractivity contribution in [1.29, 1.82) is 0 Å². The molecular formula is C19H20N4O2. The molecule has 0 fully saturated rings. The normalized spacial score (nSPS) is 16.9. The second-order valence-corrected chi connectivity index (χ2v) is 6.41. The van der Waals surface area contributed by atoms with Gasteiger partial charge in [0.1, 0.15) is 5.75 Å². The highest BCUT2D eigenvalue weighted by Gasteiger charge is 2.29. The number of rotatable bonds is 4. The lowest BCUT2D eigenvalue weighted by Gasteiger charge is -2.24. The number of carbonyl (C=O) groups is 1. The van der Waals surface area contributed by atoms with E-state index in [2.05, 4.69) is 22.0 Å². The van der Waals surface area contributed by atoms with Crippen LogP contribution < -0.4 is 4.74 Å². The number of Topliss-reactive ketones (excluding diaryl/α,β-unsaturated/α-hetero) is 1. The zero-order valence-electron chi connectivity index (χ0n) is 14.4. The van der Waals surface area contributed by atoms with Crippen LogP contribution >= 0.6 is 0 Å². The van der Waals surface area contributed by atoms with E-state index >= 15 is 0 Å². The Morgan fingerprint density at radius 2 is 2.04 bits per heavy atom. The van der Waals surface area contributed by atoms with E-state index in [9.17, 15) is 4.79 Å². The van der Waals surface area contributed by atoms with Gasteiger partial charge in [-0.1, -0.05) is 19.1 Å². The molecule has 6 nitrogen and oxygen atoms in total. The lowest BCUT2D eigenvalue weighted by molar-refractivity contribution is 0.0962. The van der Waals surface area contributed by atoms with Crippen molar-refractivity contribution in [3.8, 4) is 5.75 Å². The highest BCUT2D eigenvalue weighted by molar-refractivity contribution is 5.98.